The third-order valence-corrected chi connectivity index (χ3v) is 4.26. The third-order valence-electron chi connectivity index (χ3n) is 4.26. The molecule has 1 saturated carbocycles. The Bertz CT molecular complexity index is 572. The Kier molecular flexibility index (Phi) is 3.95. The lowest BCUT2D eigenvalue weighted by Gasteiger charge is -2.30. The first-order valence-corrected chi connectivity index (χ1v) is 7.31. The van der Waals surface area contributed by atoms with Crippen LogP contribution in [-0.2, 0) is 21.7 Å². The van der Waals surface area contributed by atoms with E-state index in [0.29, 0.717) is 19.8 Å². The van der Waals surface area contributed by atoms with Crippen molar-refractivity contribution in [2.75, 3.05) is 20.3 Å². The van der Waals surface area contributed by atoms with E-state index in [0.717, 1.165) is 48.3 Å². The van der Waals surface area contributed by atoms with Crippen LogP contribution in [0.25, 0.3) is 0 Å². The molecule has 0 unspecified atom stereocenters. The highest BCUT2D eigenvalue weighted by Gasteiger charge is 2.40. The topological polar surface area (TPSA) is 57.1 Å². The quantitative estimate of drug-likeness (QED) is 0.631. The molecule has 0 spiro atoms. The molecule has 0 saturated heterocycles. The third kappa shape index (κ3) is 2.43. The zero-order valence-electron chi connectivity index (χ0n) is 12.2. The van der Waals surface area contributed by atoms with Crippen LogP contribution in [0.4, 0.5) is 0 Å². The molecule has 3 rings (SSSR count). The standard InChI is InChI=1S/C16H19NO4/c1-19-10-12-4-5-13(15-14(12)20-8-9-21-15)16(17-11-18)6-2-3-7-16/h4-5H,2-3,6-10H2,1H3. The molecule has 1 aromatic carbocycles. The fraction of sp³-hybridized carbons (Fsp3) is 0.562. The minimum absolute atomic E-state index is 0.468. The van der Waals surface area contributed by atoms with Crippen LogP contribution in [0.3, 0.4) is 0 Å². The number of methoxy groups -OCH3 is 1. The van der Waals surface area contributed by atoms with Gasteiger partial charge in [-0.15, -0.1) is 0 Å². The number of rotatable bonds is 4. The summed E-state index contributed by atoms with van der Waals surface area (Å²) in [5.41, 5.74) is 1.40. The van der Waals surface area contributed by atoms with Gasteiger partial charge in [0.2, 0.25) is 6.08 Å². The maximum Gasteiger partial charge on any atom is 0.235 e. The minimum Gasteiger partial charge on any atom is -0.486 e. The molecule has 5 nitrogen and oxygen atoms in total. The van der Waals surface area contributed by atoms with Crippen molar-refractivity contribution in [1.29, 1.82) is 0 Å². The fourth-order valence-electron chi connectivity index (χ4n) is 3.32. The van der Waals surface area contributed by atoms with Crippen molar-refractivity contribution < 1.29 is 19.0 Å². The molecule has 21 heavy (non-hydrogen) atoms. The van der Waals surface area contributed by atoms with Crippen molar-refractivity contribution in [2.24, 2.45) is 4.99 Å². The molecule has 0 aromatic heterocycles. The smallest absolute Gasteiger partial charge is 0.235 e. The molecule has 1 fully saturated rings. The lowest BCUT2D eigenvalue weighted by molar-refractivity contribution is 0.150. The largest absolute Gasteiger partial charge is 0.486 e. The zero-order chi connectivity index (χ0) is 14.7. The Morgan fingerprint density at radius 3 is 2.62 bits per heavy atom. The Hall–Kier alpha value is -1.84. The van der Waals surface area contributed by atoms with Gasteiger partial charge in [0, 0.05) is 18.2 Å². The minimum atomic E-state index is -0.502. The molecule has 1 aliphatic carbocycles. The van der Waals surface area contributed by atoms with E-state index in [2.05, 4.69) is 4.99 Å². The molecule has 2 aliphatic rings. The number of aliphatic imine (C=N–C) groups is 1. The number of benzene rings is 1. The highest BCUT2D eigenvalue weighted by Crippen LogP contribution is 2.50. The molecular weight excluding hydrogens is 270 g/mol. The molecule has 0 bridgehead atoms. The van der Waals surface area contributed by atoms with E-state index < -0.39 is 5.54 Å². The van der Waals surface area contributed by atoms with Crippen LogP contribution in [0.5, 0.6) is 11.5 Å². The first kappa shape index (κ1) is 14.1. The molecule has 1 heterocycles. The van der Waals surface area contributed by atoms with Crippen molar-refractivity contribution in [1.82, 2.24) is 0 Å². The van der Waals surface area contributed by atoms with Gasteiger partial charge in [-0.25, -0.2) is 4.79 Å². The monoisotopic (exact) mass is 289 g/mol. The van der Waals surface area contributed by atoms with Gasteiger partial charge in [0.1, 0.15) is 18.8 Å². The molecule has 0 radical (unpaired) electrons. The highest BCUT2D eigenvalue weighted by atomic mass is 16.6. The predicted octanol–water partition coefficient (Wildman–Crippen LogP) is 2.71. The summed E-state index contributed by atoms with van der Waals surface area (Å²) in [6, 6.07) is 3.97. The number of carbonyl (C=O) groups excluding carboxylic acids is 1. The van der Waals surface area contributed by atoms with E-state index in [4.69, 9.17) is 14.2 Å². The number of isocyanates is 1. The normalized spacial score (nSPS) is 19.1. The molecule has 1 aromatic rings. The van der Waals surface area contributed by atoms with Crippen LogP contribution in [0, 0.1) is 0 Å². The second kappa shape index (κ2) is 5.88. The summed E-state index contributed by atoms with van der Waals surface area (Å²) >= 11 is 0. The molecular formula is C16H19NO4. The lowest BCUT2D eigenvalue weighted by Crippen LogP contribution is -2.24. The second-order valence-corrected chi connectivity index (χ2v) is 5.50. The Morgan fingerprint density at radius 2 is 1.95 bits per heavy atom. The molecule has 0 atom stereocenters. The Labute approximate surface area is 123 Å². The van der Waals surface area contributed by atoms with Gasteiger partial charge in [0.15, 0.2) is 11.5 Å². The summed E-state index contributed by atoms with van der Waals surface area (Å²) in [7, 11) is 1.65. The number of hydrogen-bond acceptors (Lipinski definition) is 5. The van der Waals surface area contributed by atoms with E-state index in [1.54, 1.807) is 13.2 Å². The summed E-state index contributed by atoms with van der Waals surface area (Å²) in [5.74, 6) is 1.45. The van der Waals surface area contributed by atoms with Crippen LogP contribution >= 0.6 is 0 Å². The molecule has 5 heteroatoms. The van der Waals surface area contributed by atoms with Crippen LogP contribution in [-0.4, -0.2) is 26.4 Å². The van der Waals surface area contributed by atoms with Crippen LogP contribution in [0.15, 0.2) is 17.1 Å². The van der Waals surface area contributed by atoms with Crippen LogP contribution in [0.1, 0.15) is 36.8 Å². The summed E-state index contributed by atoms with van der Waals surface area (Å²) in [6.45, 7) is 1.50. The number of nitrogens with zero attached hydrogens (tertiary/aromatic N) is 1. The van der Waals surface area contributed by atoms with Crippen LogP contribution < -0.4 is 9.47 Å². The summed E-state index contributed by atoms with van der Waals surface area (Å²) < 4.78 is 16.9. The van der Waals surface area contributed by atoms with Gasteiger partial charge in [-0.3, -0.25) is 0 Å². The maximum absolute atomic E-state index is 10.9. The van der Waals surface area contributed by atoms with Gasteiger partial charge in [-0.1, -0.05) is 25.0 Å². The van der Waals surface area contributed by atoms with Crippen LogP contribution in [0.2, 0.25) is 0 Å². The maximum atomic E-state index is 10.9. The molecule has 112 valence electrons. The van der Waals surface area contributed by atoms with E-state index in [1.165, 1.54) is 0 Å². The van der Waals surface area contributed by atoms with Gasteiger partial charge in [-0.05, 0) is 12.8 Å². The number of ether oxygens (including phenoxy) is 3. The predicted molar refractivity (Wildman–Crippen MR) is 76.4 cm³/mol. The first-order valence-electron chi connectivity index (χ1n) is 7.31. The number of fused-ring (bicyclic) bond motifs is 1. The Morgan fingerprint density at radius 1 is 1.24 bits per heavy atom. The molecule has 0 amide bonds. The van der Waals surface area contributed by atoms with Gasteiger partial charge < -0.3 is 14.2 Å². The summed E-state index contributed by atoms with van der Waals surface area (Å²) in [6.07, 6.45) is 5.56. The van der Waals surface area contributed by atoms with E-state index >= 15 is 0 Å². The average Bonchev–Trinajstić information content (AvgIpc) is 2.98. The van der Waals surface area contributed by atoms with E-state index in [-0.39, 0.29) is 0 Å². The number of hydrogen-bond donors (Lipinski definition) is 0. The van der Waals surface area contributed by atoms with Crippen molar-refractivity contribution in [3.05, 3.63) is 23.3 Å². The second-order valence-electron chi connectivity index (χ2n) is 5.50. The van der Waals surface area contributed by atoms with Crippen molar-refractivity contribution in [3.63, 3.8) is 0 Å². The van der Waals surface area contributed by atoms with Crippen molar-refractivity contribution in [2.45, 2.75) is 37.8 Å². The average molecular weight is 289 g/mol. The first-order chi connectivity index (χ1) is 10.3. The molecule has 0 N–H and O–H groups in total. The fourth-order valence-corrected chi connectivity index (χ4v) is 3.32. The zero-order valence-corrected chi connectivity index (χ0v) is 12.2. The SMILES string of the molecule is COCc1ccc(C2(N=C=O)CCCC2)c2c1OCCO2. The Balaban J connectivity index is 2.12. The van der Waals surface area contributed by atoms with E-state index in [9.17, 15) is 4.79 Å². The van der Waals surface area contributed by atoms with Crippen molar-refractivity contribution in [3.8, 4) is 11.5 Å². The summed E-state index contributed by atoms with van der Waals surface area (Å²) in [5, 5.41) is 0. The van der Waals surface area contributed by atoms with Gasteiger partial charge in [0.05, 0.1) is 6.61 Å². The summed E-state index contributed by atoms with van der Waals surface area (Å²) in [4.78, 5) is 15.0. The highest BCUT2D eigenvalue weighted by molar-refractivity contribution is 5.56. The van der Waals surface area contributed by atoms with Gasteiger partial charge in [0.25, 0.3) is 0 Å². The van der Waals surface area contributed by atoms with Gasteiger partial charge in [-0.2, -0.15) is 4.99 Å². The lowest BCUT2D eigenvalue weighted by atomic mass is 9.87. The van der Waals surface area contributed by atoms with Crippen molar-refractivity contribution >= 4 is 6.08 Å². The van der Waals surface area contributed by atoms with E-state index in [1.807, 2.05) is 12.1 Å². The van der Waals surface area contributed by atoms with Gasteiger partial charge >= 0.3 is 0 Å². The molecule has 1 aliphatic heterocycles.